The van der Waals surface area contributed by atoms with Gasteiger partial charge in [0.1, 0.15) is 5.82 Å². The number of rotatable bonds is 5. The summed E-state index contributed by atoms with van der Waals surface area (Å²) in [5.74, 6) is 1.93. The highest BCUT2D eigenvalue weighted by Gasteiger charge is 2.18. The van der Waals surface area contributed by atoms with Crippen LogP contribution in [0.5, 0.6) is 0 Å². The lowest BCUT2D eigenvalue weighted by molar-refractivity contribution is -0.384. The van der Waals surface area contributed by atoms with Crippen LogP contribution in [0, 0.1) is 23.0 Å². The molecule has 0 amide bonds. The van der Waals surface area contributed by atoms with E-state index in [4.69, 9.17) is 0 Å². The molecule has 2 aromatic rings. The normalized spacial score (nSPS) is 11.1. The van der Waals surface area contributed by atoms with Crippen molar-refractivity contribution in [2.75, 3.05) is 0 Å². The molecule has 1 heterocycles. The van der Waals surface area contributed by atoms with Gasteiger partial charge in [0.15, 0.2) is 5.82 Å². The van der Waals surface area contributed by atoms with E-state index in [2.05, 4.69) is 40.0 Å². The fraction of sp³-hybridized carbons (Fsp3) is 0.429. The molecular weight excluding hydrogens is 336 g/mol. The zero-order chi connectivity index (χ0) is 15.6. The Morgan fingerprint density at radius 1 is 1.38 bits per heavy atom. The van der Waals surface area contributed by atoms with E-state index < -0.39 is 4.92 Å². The third kappa shape index (κ3) is 3.29. The molecule has 112 valence electrons. The second-order valence-electron chi connectivity index (χ2n) is 5.33. The summed E-state index contributed by atoms with van der Waals surface area (Å²) in [5, 5.41) is 20.0. The van der Waals surface area contributed by atoms with Crippen LogP contribution in [0.2, 0.25) is 0 Å². The first-order valence-corrected chi connectivity index (χ1v) is 7.79. The summed E-state index contributed by atoms with van der Waals surface area (Å²) in [7, 11) is 0. The third-order valence-corrected chi connectivity index (χ3v) is 3.67. The van der Waals surface area contributed by atoms with Gasteiger partial charge in [0.05, 0.1) is 10.3 Å². The van der Waals surface area contributed by atoms with Crippen molar-refractivity contribution < 1.29 is 4.92 Å². The molecule has 0 saturated carbocycles. The Kier molecular flexibility index (Phi) is 4.72. The maximum atomic E-state index is 11.0. The zero-order valence-corrected chi connectivity index (χ0v) is 13.8. The predicted octanol–water partition coefficient (Wildman–Crippen LogP) is 3.71. The Morgan fingerprint density at radius 3 is 2.67 bits per heavy atom. The molecule has 0 bridgehead atoms. The van der Waals surface area contributed by atoms with Gasteiger partial charge in [-0.1, -0.05) is 35.8 Å². The number of nitrogens with zero attached hydrogens (tertiary/aromatic N) is 4. The number of benzene rings is 1. The molecule has 21 heavy (non-hydrogen) atoms. The summed E-state index contributed by atoms with van der Waals surface area (Å²) in [4.78, 5) is 10.6. The summed E-state index contributed by atoms with van der Waals surface area (Å²) in [6.07, 6.45) is 0. The summed E-state index contributed by atoms with van der Waals surface area (Å²) in [6, 6.07) is 4.82. The molecule has 0 unspecified atom stereocenters. The Balaban J connectivity index is 2.58. The molecule has 0 atom stereocenters. The minimum Gasteiger partial charge on any atom is -0.310 e. The van der Waals surface area contributed by atoms with Crippen LogP contribution in [0.25, 0.3) is 11.4 Å². The molecule has 0 saturated heterocycles. The first-order chi connectivity index (χ1) is 9.93. The van der Waals surface area contributed by atoms with Gasteiger partial charge in [-0.2, -0.15) is 0 Å². The van der Waals surface area contributed by atoms with E-state index in [1.165, 1.54) is 6.07 Å². The Bertz CT molecular complexity index is 667. The van der Waals surface area contributed by atoms with Gasteiger partial charge in [-0.25, -0.2) is 0 Å². The van der Waals surface area contributed by atoms with Gasteiger partial charge in [-0.3, -0.25) is 10.1 Å². The SMILES string of the molecule is Cc1ccc([N+](=O)[O-])cc1-c1nnc(CBr)n1CC(C)C. The van der Waals surface area contributed by atoms with E-state index in [1.54, 1.807) is 12.1 Å². The van der Waals surface area contributed by atoms with E-state index in [0.29, 0.717) is 17.1 Å². The Labute approximate surface area is 131 Å². The maximum Gasteiger partial charge on any atom is 0.270 e. The number of nitro groups is 1. The number of non-ortho nitro benzene ring substituents is 1. The van der Waals surface area contributed by atoms with Crippen molar-refractivity contribution in [3.8, 4) is 11.4 Å². The largest absolute Gasteiger partial charge is 0.310 e. The fourth-order valence-corrected chi connectivity index (χ4v) is 2.57. The van der Waals surface area contributed by atoms with Crippen LogP contribution >= 0.6 is 15.9 Å². The van der Waals surface area contributed by atoms with Crippen LogP contribution in [0.3, 0.4) is 0 Å². The number of halogens is 1. The summed E-state index contributed by atoms with van der Waals surface area (Å²) in [6.45, 7) is 6.91. The third-order valence-electron chi connectivity index (χ3n) is 3.17. The molecule has 0 fully saturated rings. The van der Waals surface area contributed by atoms with Gasteiger partial charge < -0.3 is 4.57 Å². The Hall–Kier alpha value is -1.76. The van der Waals surface area contributed by atoms with E-state index in [-0.39, 0.29) is 5.69 Å². The topological polar surface area (TPSA) is 73.8 Å². The molecule has 0 N–H and O–H groups in total. The number of alkyl halides is 1. The number of aryl methyl sites for hydroxylation is 1. The molecule has 6 nitrogen and oxygen atoms in total. The molecule has 0 aliphatic heterocycles. The predicted molar refractivity (Wildman–Crippen MR) is 84.3 cm³/mol. The monoisotopic (exact) mass is 352 g/mol. The van der Waals surface area contributed by atoms with Gasteiger partial charge in [0.2, 0.25) is 0 Å². The molecular formula is C14H17BrN4O2. The molecule has 0 spiro atoms. The minimum atomic E-state index is -0.391. The highest BCUT2D eigenvalue weighted by atomic mass is 79.9. The van der Waals surface area contributed by atoms with Gasteiger partial charge >= 0.3 is 0 Å². The highest BCUT2D eigenvalue weighted by Crippen LogP contribution is 2.28. The van der Waals surface area contributed by atoms with Crippen LogP contribution < -0.4 is 0 Å². The van der Waals surface area contributed by atoms with Crippen LogP contribution in [0.15, 0.2) is 18.2 Å². The number of nitro benzene ring substituents is 1. The van der Waals surface area contributed by atoms with Crippen molar-refractivity contribution in [2.24, 2.45) is 5.92 Å². The minimum absolute atomic E-state index is 0.0649. The summed E-state index contributed by atoms with van der Waals surface area (Å²) in [5.41, 5.74) is 1.76. The van der Waals surface area contributed by atoms with Gasteiger partial charge in [0.25, 0.3) is 5.69 Å². The van der Waals surface area contributed by atoms with Gasteiger partial charge in [0, 0.05) is 24.2 Å². The van der Waals surface area contributed by atoms with Crippen LogP contribution in [-0.2, 0) is 11.9 Å². The first-order valence-electron chi connectivity index (χ1n) is 6.67. The van der Waals surface area contributed by atoms with Crippen molar-refractivity contribution in [1.29, 1.82) is 0 Å². The molecule has 7 heteroatoms. The zero-order valence-electron chi connectivity index (χ0n) is 12.2. The standard InChI is InChI=1S/C14H17BrN4O2/c1-9(2)8-18-13(7-15)16-17-14(18)12-6-11(19(20)21)5-4-10(12)3/h4-6,9H,7-8H2,1-3H3. The lowest BCUT2D eigenvalue weighted by Crippen LogP contribution is -2.09. The molecule has 2 rings (SSSR count). The van der Waals surface area contributed by atoms with Crippen LogP contribution in [0.1, 0.15) is 25.2 Å². The molecule has 0 radical (unpaired) electrons. The molecule has 1 aromatic carbocycles. The molecule has 0 aliphatic carbocycles. The second-order valence-corrected chi connectivity index (χ2v) is 5.89. The number of aromatic nitrogens is 3. The van der Waals surface area contributed by atoms with Gasteiger partial charge in [-0.15, -0.1) is 10.2 Å². The van der Waals surface area contributed by atoms with Crippen molar-refractivity contribution in [1.82, 2.24) is 14.8 Å². The van der Waals surface area contributed by atoms with Gasteiger partial charge in [-0.05, 0) is 18.4 Å². The number of hydrogen-bond acceptors (Lipinski definition) is 4. The van der Waals surface area contributed by atoms with E-state index in [0.717, 1.165) is 23.5 Å². The number of hydrogen-bond donors (Lipinski definition) is 0. The lowest BCUT2D eigenvalue weighted by Gasteiger charge is -2.13. The van der Waals surface area contributed by atoms with Crippen molar-refractivity contribution >= 4 is 21.6 Å². The summed E-state index contributed by atoms with van der Waals surface area (Å²) >= 11 is 3.41. The lowest BCUT2D eigenvalue weighted by atomic mass is 10.1. The average molecular weight is 353 g/mol. The van der Waals surface area contributed by atoms with Crippen LogP contribution in [0.4, 0.5) is 5.69 Å². The smallest absolute Gasteiger partial charge is 0.270 e. The van der Waals surface area contributed by atoms with Crippen molar-refractivity contribution in [2.45, 2.75) is 32.6 Å². The fourth-order valence-electron chi connectivity index (χ4n) is 2.15. The molecule has 1 aromatic heterocycles. The summed E-state index contributed by atoms with van der Waals surface area (Å²) < 4.78 is 2.02. The second kappa shape index (κ2) is 6.34. The average Bonchev–Trinajstić information content (AvgIpc) is 2.81. The Morgan fingerprint density at radius 2 is 2.10 bits per heavy atom. The van der Waals surface area contributed by atoms with E-state index in [9.17, 15) is 10.1 Å². The van der Waals surface area contributed by atoms with E-state index >= 15 is 0 Å². The highest BCUT2D eigenvalue weighted by molar-refractivity contribution is 9.08. The van der Waals surface area contributed by atoms with E-state index in [1.807, 2.05) is 11.5 Å². The quantitative estimate of drug-likeness (QED) is 0.467. The maximum absolute atomic E-state index is 11.0. The van der Waals surface area contributed by atoms with Crippen molar-refractivity contribution in [3.63, 3.8) is 0 Å². The van der Waals surface area contributed by atoms with Crippen molar-refractivity contribution in [3.05, 3.63) is 39.7 Å². The van der Waals surface area contributed by atoms with Crippen LogP contribution in [-0.4, -0.2) is 19.7 Å². The molecule has 0 aliphatic rings. The first kappa shape index (κ1) is 15.6.